The van der Waals surface area contributed by atoms with Crippen molar-refractivity contribution in [3.63, 3.8) is 0 Å². The van der Waals surface area contributed by atoms with Gasteiger partial charge in [-0.1, -0.05) is 30.3 Å². The predicted molar refractivity (Wildman–Crippen MR) is 87.4 cm³/mol. The monoisotopic (exact) mass is 326 g/mol. The topological polar surface area (TPSA) is 72.2 Å². The second-order valence-electron chi connectivity index (χ2n) is 5.27. The van der Waals surface area contributed by atoms with Crippen molar-refractivity contribution in [1.82, 2.24) is 5.32 Å². The number of rotatable bonds is 2. The highest BCUT2D eigenvalue weighted by Crippen LogP contribution is 2.33. The molecule has 3 rings (SSSR count). The van der Waals surface area contributed by atoms with Crippen LogP contribution in [0.3, 0.4) is 0 Å². The molecule has 0 spiro atoms. The minimum atomic E-state index is -3.69. The third-order valence-corrected chi connectivity index (χ3v) is 4.97. The number of fused-ring (bicyclic) bond motifs is 1. The Morgan fingerprint density at radius 2 is 1.62 bits per heavy atom. The van der Waals surface area contributed by atoms with Crippen LogP contribution in [0.4, 0.5) is 0 Å². The molecule has 3 N–H and O–H groups in total. The molecule has 0 saturated carbocycles. The molecule has 1 saturated heterocycles. The zero-order chi connectivity index (χ0) is 14.2. The summed E-state index contributed by atoms with van der Waals surface area (Å²) < 4.78 is 23.4. The van der Waals surface area contributed by atoms with Crippen LogP contribution < -0.4 is 10.5 Å². The standard InChI is InChI=1S/C15H18N2O2S.ClH/c16-20(18,19)15-6-5-12(11-7-9-17-10-8-11)13-3-1-2-4-14(13)15;/h1-6,11,17H,7-10H2,(H2,16,18,19);1H. The van der Waals surface area contributed by atoms with Gasteiger partial charge in [0.25, 0.3) is 0 Å². The molecule has 1 fully saturated rings. The lowest BCUT2D eigenvalue weighted by Gasteiger charge is -2.24. The van der Waals surface area contributed by atoms with Gasteiger partial charge in [0.05, 0.1) is 4.90 Å². The molecule has 1 aliphatic rings. The van der Waals surface area contributed by atoms with Crippen molar-refractivity contribution in [2.24, 2.45) is 5.14 Å². The zero-order valence-corrected chi connectivity index (χ0v) is 13.2. The van der Waals surface area contributed by atoms with Crippen molar-refractivity contribution in [1.29, 1.82) is 0 Å². The largest absolute Gasteiger partial charge is 0.317 e. The van der Waals surface area contributed by atoms with Gasteiger partial charge in [-0.25, -0.2) is 13.6 Å². The fourth-order valence-corrected chi connectivity index (χ4v) is 3.77. The van der Waals surface area contributed by atoms with Crippen LogP contribution >= 0.6 is 12.4 Å². The molecule has 6 heteroatoms. The summed E-state index contributed by atoms with van der Waals surface area (Å²) in [5.74, 6) is 0.482. The van der Waals surface area contributed by atoms with Gasteiger partial charge in [0.15, 0.2) is 0 Å². The van der Waals surface area contributed by atoms with Crippen molar-refractivity contribution in [3.05, 3.63) is 42.0 Å². The molecule has 1 aliphatic heterocycles. The van der Waals surface area contributed by atoms with Crippen LogP contribution in [0.2, 0.25) is 0 Å². The molecule has 21 heavy (non-hydrogen) atoms. The number of primary sulfonamides is 1. The Morgan fingerprint density at radius 3 is 2.24 bits per heavy atom. The fraction of sp³-hybridized carbons (Fsp3) is 0.333. The summed E-state index contributed by atoms with van der Waals surface area (Å²) in [7, 11) is -3.69. The highest BCUT2D eigenvalue weighted by molar-refractivity contribution is 7.89. The highest BCUT2D eigenvalue weighted by atomic mass is 35.5. The molecular weight excluding hydrogens is 308 g/mol. The first-order chi connectivity index (χ1) is 9.57. The average molecular weight is 327 g/mol. The van der Waals surface area contributed by atoms with Crippen molar-refractivity contribution in [3.8, 4) is 0 Å². The molecule has 0 amide bonds. The Labute approximate surface area is 131 Å². The van der Waals surface area contributed by atoms with E-state index in [2.05, 4.69) is 5.32 Å². The van der Waals surface area contributed by atoms with Gasteiger partial charge >= 0.3 is 0 Å². The number of nitrogens with two attached hydrogens (primary N) is 1. The maximum absolute atomic E-state index is 11.7. The van der Waals surface area contributed by atoms with Crippen LogP contribution in [0.15, 0.2) is 41.3 Å². The SMILES string of the molecule is Cl.NS(=O)(=O)c1ccc(C2CCNCC2)c2ccccc12. The molecule has 4 nitrogen and oxygen atoms in total. The zero-order valence-electron chi connectivity index (χ0n) is 11.6. The Hall–Kier alpha value is -1.14. The van der Waals surface area contributed by atoms with Crippen LogP contribution in [-0.4, -0.2) is 21.5 Å². The average Bonchev–Trinajstić information content (AvgIpc) is 2.46. The van der Waals surface area contributed by atoms with E-state index in [1.165, 1.54) is 5.56 Å². The van der Waals surface area contributed by atoms with Crippen molar-refractivity contribution in [2.45, 2.75) is 23.7 Å². The van der Waals surface area contributed by atoms with Gasteiger partial charge in [0.1, 0.15) is 0 Å². The fourth-order valence-electron chi connectivity index (χ4n) is 3.03. The summed E-state index contributed by atoms with van der Waals surface area (Å²) in [6.07, 6.45) is 2.16. The van der Waals surface area contributed by atoms with Gasteiger partial charge in [-0.15, -0.1) is 12.4 Å². The minimum absolute atomic E-state index is 0. The lowest BCUT2D eigenvalue weighted by molar-refractivity contribution is 0.462. The Morgan fingerprint density at radius 1 is 1.00 bits per heavy atom. The van der Waals surface area contributed by atoms with Crippen LogP contribution in [0, 0.1) is 0 Å². The maximum atomic E-state index is 11.7. The minimum Gasteiger partial charge on any atom is -0.317 e. The second kappa shape index (κ2) is 6.32. The molecule has 2 aromatic rings. The molecule has 1 heterocycles. The summed E-state index contributed by atoms with van der Waals surface area (Å²) in [4.78, 5) is 0.214. The summed E-state index contributed by atoms with van der Waals surface area (Å²) in [6.45, 7) is 2.02. The summed E-state index contributed by atoms with van der Waals surface area (Å²) in [5.41, 5.74) is 1.23. The molecule has 0 aliphatic carbocycles. The number of hydrogen-bond donors (Lipinski definition) is 2. The van der Waals surface area contributed by atoms with Gasteiger partial charge in [0.2, 0.25) is 10.0 Å². The summed E-state index contributed by atoms with van der Waals surface area (Å²) in [6, 6.07) is 11.2. The normalized spacial score (nSPS) is 16.6. The van der Waals surface area contributed by atoms with E-state index in [0.717, 1.165) is 36.7 Å². The molecule has 0 bridgehead atoms. The maximum Gasteiger partial charge on any atom is 0.238 e. The van der Waals surface area contributed by atoms with Gasteiger partial charge in [-0.3, -0.25) is 0 Å². The van der Waals surface area contributed by atoms with E-state index in [4.69, 9.17) is 5.14 Å². The van der Waals surface area contributed by atoms with Crippen molar-refractivity contribution >= 4 is 33.2 Å². The number of hydrogen-bond acceptors (Lipinski definition) is 3. The summed E-state index contributed by atoms with van der Waals surface area (Å²) in [5, 5.41) is 10.4. The first-order valence-electron chi connectivity index (χ1n) is 6.82. The van der Waals surface area contributed by atoms with Crippen molar-refractivity contribution < 1.29 is 8.42 Å². The van der Waals surface area contributed by atoms with E-state index in [9.17, 15) is 8.42 Å². The number of nitrogens with one attached hydrogen (secondary N) is 1. The van der Waals surface area contributed by atoms with Gasteiger partial charge in [0, 0.05) is 5.39 Å². The van der Waals surface area contributed by atoms with Gasteiger partial charge in [-0.05, 0) is 48.9 Å². The van der Waals surface area contributed by atoms with Crippen LogP contribution in [0.5, 0.6) is 0 Å². The van der Waals surface area contributed by atoms with E-state index in [0.29, 0.717) is 5.92 Å². The van der Waals surface area contributed by atoms with E-state index >= 15 is 0 Å². The van der Waals surface area contributed by atoms with E-state index in [1.54, 1.807) is 6.07 Å². The molecule has 0 aromatic heterocycles. The quantitative estimate of drug-likeness (QED) is 0.890. The first kappa shape index (κ1) is 16.2. The molecule has 114 valence electrons. The van der Waals surface area contributed by atoms with E-state index in [-0.39, 0.29) is 17.3 Å². The van der Waals surface area contributed by atoms with E-state index < -0.39 is 10.0 Å². The highest BCUT2D eigenvalue weighted by Gasteiger charge is 2.20. The number of piperidine rings is 1. The van der Waals surface area contributed by atoms with Gasteiger partial charge < -0.3 is 5.32 Å². The Kier molecular flexibility index (Phi) is 4.88. The molecule has 2 aromatic carbocycles. The first-order valence-corrected chi connectivity index (χ1v) is 8.37. The summed E-state index contributed by atoms with van der Waals surface area (Å²) >= 11 is 0. The Bertz CT molecular complexity index is 740. The van der Waals surface area contributed by atoms with Crippen LogP contribution in [-0.2, 0) is 10.0 Å². The molecule has 0 atom stereocenters. The van der Waals surface area contributed by atoms with E-state index in [1.807, 2.05) is 30.3 Å². The molecule has 0 radical (unpaired) electrons. The predicted octanol–water partition coefficient (Wildman–Crippen LogP) is 2.38. The van der Waals surface area contributed by atoms with Crippen LogP contribution in [0.25, 0.3) is 10.8 Å². The number of benzene rings is 2. The smallest absolute Gasteiger partial charge is 0.238 e. The third kappa shape index (κ3) is 3.21. The lowest BCUT2D eigenvalue weighted by atomic mass is 9.87. The Balaban J connectivity index is 0.00000161. The number of halogens is 1. The molecule has 0 unspecified atom stereocenters. The van der Waals surface area contributed by atoms with Crippen molar-refractivity contribution in [2.75, 3.05) is 13.1 Å². The second-order valence-corrected chi connectivity index (χ2v) is 6.80. The van der Waals surface area contributed by atoms with Gasteiger partial charge in [-0.2, -0.15) is 0 Å². The molecular formula is C15H19ClN2O2S. The third-order valence-electron chi connectivity index (χ3n) is 4.00. The number of sulfonamides is 1. The van der Waals surface area contributed by atoms with Crippen LogP contribution in [0.1, 0.15) is 24.3 Å². The lowest BCUT2D eigenvalue weighted by Crippen LogP contribution is -2.26.